The Morgan fingerprint density at radius 1 is 1.43 bits per heavy atom. The molecule has 1 amide bonds. The molecule has 0 saturated heterocycles. The van der Waals surface area contributed by atoms with Gasteiger partial charge in [-0.3, -0.25) is 14.4 Å². The molecule has 3 N–H and O–H groups in total. The fraction of sp³-hybridized carbons (Fsp3) is 0.600. The molecule has 8 heteroatoms. The minimum atomic E-state index is -0.451. The van der Waals surface area contributed by atoms with Crippen LogP contribution < -0.4 is 10.9 Å². The average molecular weight is 324 g/mol. The Morgan fingerprint density at radius 2 is 2.04 bits per heavy atom. The molecule has 2 rings (SSSR count). The number of hydrogen-bond acceptors (Lipinski definition) is 5. The van der Waals surface area contributed by atoms with Crippen LogP contribution in [0.3, 0.4) is 0 Å². The van der Waals surface area contributed by atoms with Gasteiger partial charge in [-0.15, -0.1) is 0 Å². The Balaban J connectivity index is 0.000000816. The van der Waals surface area contributed by atoms with Crippen molar-refractivity contribution < 1.29 is 14.7 Å². The highest BCUT2D eigenvalue weighted by molar-refractivity contribution is 5.91. The minimum absolute atomic E-state index is 0.00451. The molecule has 0 radical (unpaired) electrons. The van der Waals surface area contributed by atoms with Crippen LogP contribution in [0.2, 0.25) is 0 Å². The summed E-state index contributed by atoms with van der Waals surface area (Å²) in [6.07, 6.45) is 8.58. The van der Waals surface area contributed by atoms with Crippen LogP contribution in [0.1, 0.15) is 42.6 Å². The number of likely N-dealkylation sites (N-methyl/N-ethyl adjacent to an activating group) is 1. The van der Waals surface area contributed by atoms with E-state index in [0.29, 0.717) is 6.54 Å². The van der Waals surface area contributed by atoms with E-state index in [2.05, 4.69) is 20.2 Å². The van der Waals surface area contributed by atoms with E-state index in [9.17, 15) is 9.59 Å². The molecular weight excluding hydrogens is 300 g/mol. The molecule has 1 aromatic heterocycles. The Labute approximate surface area is 134 Å². The molecule has 1 aliphatic carbocycles. The summed E-state index contributed by atoms with van der Waals surface area (Å²) in [5.74, 6) is -0.404. The van der Waals surface area contributed by atoms with Gasteiger partial charge in [0.15, 0.2) is 5.69 Å². The molecule has 23 heavy (non-hydrogen) atoms. The molecular formula is C15H24N4O4. The third kappa shape index (κ3) is 5.17. The lowest BCUT2D eigenvalue weighted by molar-refractivity contribution is -0.122. The number of carboxylic acid groups (broad SMARTS) is 1. The van der Waals surface area contributed by atoms with E-state index in [-0.39, 0.29) is 17.7 Å². The maximum atomic E-state index is 12.1. The van der Waals surface area contributed by atoms with Crippen molar-refractivity contribution >= 4 is 12.4 Å². The van der Waals surface area contributed by atoms with Crippen molar-refractivity contribution in [3.63, 3.8) is 0 Å². The van der Waals surface area contributed by atoms with Crippen LogP contribution in [0.15, 0.2) is 17.2 Å². The van der Waals surface area contributed by atoms with Gasteiger partial charge in [0.2, 0.25) is 0 Å². The lowest BCUT2D eigenvalue weighted by Crippen LogP contribution is -2.54. The number of amides is 1. The molecule has 8 nitrogen and oxygen atoms in total. The Kier molecular flexibility index (Phi) is 7.40. The zero-order valence-corrected chi connectivity index (χ0v) is 13.5. The van der Waals surface area contributed by atoms with Gasteiger partial charge in [0.05, 0.1) is 0 Å². The number of nitrogens with one attached hydrogen (secondary N) is 2. The third-order valence-electron chi connectivity index (χ3n) is 4.23. The summed E-state index contributed by atoms with van der Waals surface area (Å²) in [5.41, 5.74) is -0.528. The summed E-state index contributed by atoms with van der Waals surface area (Å²) in [6, 6.07) is 0. The second-order valence-corrected chi connectivity index (χ2v) is 5.73. The molecule has 1 saturated carbocycles. The smallest absolute Gasteiger partial charge is 0.290 e. The van der Waals surface area contributed by atoms with Crippen molar-refractivity contribution in [1.82, 2.24) is 20.2 Å². The first-order chi connectivity index (χ1) is 11.0. The Hall–Kier alpha value is -2.22. The Morgan fingerprint density at radius 3 is 2.57 bits per heavy atom. The molecule has 128 valence electrons. The Bertz CT molecular complexity index is 565. The van der Waals surface area contributed by atoms with E-state index in [0.717, 1.165) is 12.8 Å². The first kappa shape index (κ1) is 18.8. The SMILES string of the molecule is CN(C)C1(CNC(=O)c2ncc[nH]c2=O)CCCCC1.O=CO. The standard InChI is InChI=1S/C14H22N4O2.CH2O2/c1-18(2)14(6-4-3-5-7-14)10-17-13(20)11-12(19)16-9-8-15-11;2-1-3/h8-9H,3-7,10H2,1-2H3,(H,16,19)(H,17,20);1H,(H,2,3). The van der Waals surface area contributed by atoms with Gasteiger partial charge in [-0.2, -0.15) is 0 Å². The number of carbonyl (C=O) groups excluding carboxylic acids is 1. The fourth-order valence-electron chi connectivity index (χ4n) is 2.83. The monoisotopic (exact) mass is 324 g/mol. The lowest BCUT2D eigenvalue weighted by atomic mass is 9.80. The summed E-state index contributed by atoms with van der Waals surface area (Å²) < 4.78 is 0. The highest BCUT2D eigenvalue weighted by Gasteiger charge is 2.34. The molecule has 1 aliphatic rings. The van der Waals surface area contributed by atoms with E-state index in [1.54, 1.807) is 0 Å². The average Bonchev–Trinajstić information content (AvgIpc) is 2.54. The van der Waals surface area contributed by atoms with Gasteiger partial charge in [-0.05, 0) is 26.9 Å². The predicted octanol–water partition coefficient (Wildman–Crippen LogP) is 0.465. The van der Waals surface area contributed by atoms with E-state index in [1.165, 1.54) is 31.7 Å². The number of aromatic nitrogens is 2. The number of rotatable bonds is 4. The highest BCUT2D eigenvalue weighted by Crippen LogP contribution is 2.31. The summed E-state index contributed by atoms with van der Waals surface area (Å²) in [7, 11) is 4.09. The maximum absolute atomic E-state index is 12.1. The summed E-state index contributed by atoms with van der Waals surface area (Å²) >= 11 is 0. The molecule has 0 aromatic carbocycles. The van der Waals surface area contributed by atoms with Crippen LogP contribution in [0.4, 0.5) is 0 Å². The van der Waals surface area contributed by atoms with E-state index >= 15 is 0 Å². The summed E-state index contributed by atoms with van der Waals surface area (Å²) in [5, 5.41) is 9.76. The van der Waals surface area contributed by atoms with Crippen molar-refractivity contribution in [2.75, 3.05) is 20.6 Å². The molecule has 0 bridgehead atoms. The van der Waals surface area contributed by atoms with Crippen LogP contribution >= 0.6 is 0 Å². The van der Waals surface area contributed by atoms with Crippen molar-refractivity contribution in [1.29, 1.82) is 0 Å². The number of nitrogens with zero attached hydrogens (tertiary/aromatic N) is 2. The fourth-order valence-corrected chi connectivity index (χ4v) is 2.83. The van der Waals surface area contributed by atoms with Crippen molar-refractivity contribution in [3.8, 4) is 0 Å². The zero-order chi connectivity index (χ0) is 17.3. The second kappa shape index (κ2) is 9.04. The minimum Gasteiger partial charge on any atom is -0.483 e. The van der Waals surface area contributed by atoms with Crippen LogP contribution in [0.25, 0.3) is 0 Å². The highest BCUT2D eigenvalue weighted by atomic mass is 16.3. The van der Waals surface area contributed by atoms with Gasteiger partial charge in [0.1, 0.15) is 0 Å². The number of carbonyl (C=O) groups is 2. The van der Waals surface area contributed by atoms with Crippen LogP contribution in [-0.2, 0) is 4.79 Å². The van der Waals surface area contributed by atoms with Gasteiger partial charge < -0.3 is 20.3 Å². The van der Waals surface area contributed by atoms with E-state index in [4.69, 9.17) is 9.90 Å². The van der Waals surface area contributed by atoms with Crippen molar-refractivity contribution in [2.24, 2.45) is 0 Å². The molecule has 0 spiro atoms. The van der Waals surface area contributed by atoms with Crippen LogP contribution in [-0.4, -0.2) is 58.5 Å². The van der Waals surface area contributed by atoms with Crippen LogP contribution in [0, 0.1) is 0 Å². The van der Waals surface area contributed by atoms with Gasteiger partial charge in [0.25, 0.3) is 17.9 Å². The second-order valence-electron chi connectivity index (χ2n) is 5.73. The quantitative estimate of drug-likeness (QED) is 0.693. The van der Waals surface area contributed by atoms with Gasteiger partial charge >= 0.3 is 0 Å². The molecule has 1 fully saturated rings. The number of hydrogen-bond donors (Lipinski definition) is 3. The largest absolute Gasteiger partial charge is 0.483 e. The zero-order valence-electron chi connectivity index (χ0n) is 13.5. The summed E-state index contributed by atoms with van der Waals surface area (Å²) in [4.78, 5) is 40.4. The summed E-state index contributed by atoms with van der Waals surface area (Å²) in [6.45, 7) is 0.300. The van der Waals surface area contributed by atoms with E-state index < -0.39 is 11.5 Å². The predicted molar refractivity (Wildman–Crippen MR) is 85.4 cm³/mol. The number of H-pyrrole nitrogens is 1. The van der Waals surface area contributed by atoms with E-state index in [1.807, 2.05) is 14.1 Å². The first-order valence-corrected chi connectivity index (χ1v) is 7.54. The van der Waals surface area contributed by atoms with Gasteiger partial charge in [-0.1, -0.05) is 19.3 Å². The first-order valence-electron chi connectivity index (χ1n) is 7.54. The van der Waals surface area contributed by atoms with Gasteiger partial charge in [-0.25, -0.2) is 4.98 Å². The van der Waals surface area contributed by atoms with Crippen LogP contribution in [0.5, 0.6) is 0 Å². The number of aromatic amines is 1. The molecule has 0 atom stereocenters. The van der Waals surface area contributed by atoms with Gasteiger partial charge in [0, 0.05) is 24.5 Å². The maximum Gasteiger partial charge on any atom is 0.290 e. The molecule has 0 unspecified atom stereocenters. The van der Waals surface area contributed by atoms with Crippen molar-refractivity contribution in [3.05, 3.63) is 28.4 Å². The molecule has 1 heterocycles. The normalized spacial score (nSPS) is 16.1. The topological polar surface area (TPSA) is 115 Å². The van der Waals surface area contributed by atoms with Crippen molar-refractivity contribution in [2.45, 2.75) is 37.6 Å². The molecule has 1 aromatic rings. The third-order valence-corrected chi connectivity index (χ3v) is 4.23. The lowest BCUT2D eigenvalue weighted by Gasteiger charge is -2.43. The molecule has 0 aliphatic heterocycles.